The normalized spacial score (nSPS) is 9.77. The Labute approximate surface area is 80.7 Å². The predicted octanol–water partition coefficient (Wildman–Crippen LogP) is 2.87. The number of hydrogen-bond acceptors (Lipinski definition) is 1. The minimum absolute atomic E-state index is 0.974. The molecule has 0 saturated heterocycles. The lowest BCUT2D eigenvalue weighted by Gasteiger charge is -2.13. The summed E-state index contributed by atoms with van der Waals surface area (Å²) >= 11 is 0. The van der Waals surface area contributed by atoms with Gasteiger partial charge in [0.25, 0.3) is 0 Å². The fourth-order valence-electron chi connectivity index (χ4n) is 1.29. The molecule has 0 N–H and O–H groups in total. The first kappa shape index (κ1) is 9.85. The zero-order valence-corrected chi connectivity index (χ0v) is 8.67. The summed E-state index contributed by atoms with van der Waals surface area (Å²) in [6, 6.07) is 8.55. The molecule has 1 aromatic carbocycles. The molecule has 13 heavy (non-hydrogen) atoms. The molecule has 0 aliphatic heterocycles. The predicted molar refractivity (Wildman–Crippen MR) is 59.3 cm³/mol. The molecule has 0 atom stereocenters. The second kappa shape index (κ2) is 4.13. The van der Waals surface area contributed by atoms with Crippen LogP contribution < -0.4 is 4.90 Å². The summed E-state index contributed by atoms with van der Waals surface area (Å²) in [5, 5.41) is 0. The van der Waals surface area contributed by atoms with Crippen LogP contribution in [-0.2, 0) is 6.42 Å². The molecular weight excluding hydrogens is 158 g/mol. The number of rotatable bonds is 3. The summed E-state index contributed by atoms with van der Waals surface area (Å²) < 4.78 is 0. The third-order valence-electron chi connectivity index (χ3n) is 1.93. The van der Waals surface area contributed by atoms with Gasteiger partial charge in [-0.1, -0.05) is 24.3 Å². The third kappa shape index (κ3) is 2.94. The summed E-state index contributed by atoms with van der Waals surface area (Å²) in [7, 11) is 4.11. The van der Waals surface area contributed by atoms with Gasteiger partial charge in [0.15, 0.2) is 0 Å². The highest BCUT2D eigenvalue weighted by atomic mass is 15.1. The number of allylic oxidation sites excluding steroid dienone is 1. The van der Waals surface area contributed by atoms with E-state index in [4.69, 9.17) is 0 Å². The lowest BCUT2D eigenvalue weighted by molar-refractivity contribution is 1.10. The highest BCUT2D eigenvalue weighted by Gasteiger charge is 1.97. The molecule has 0 aliphatic rings. The van der Waals surface area contributed by atoms with Crippen LogP contribution in [0.15, 0.2) is 36.4 Å². The minimum atomic E-state index is 0.974. The highest BCUT2D eigenvalue weighted by Crippen LogP contribution is 2.15. The van der Waals surface area contributed by atoms with E-state index in [1.54, 1.807) is 0 Å². The fraction of sp³-hybridized carbons (Fsp3) is 0.333. The molecule has 0 fully saturated rings. The Hall–Kier alpha value is -1.24. The molecule has 0 amide bonds. The van der Waals surface area contributed by atoms with Crippen LogP contribution in [0.5, 0.6) is 0 Å². The molecule has 1 heteroatoms. The highest BCUT2D eigenvalue weighted by molar-refractivity contribution is 5.47. The average Bonchev–Trinajstić information content (AvgIpc) is 2.03. The molecule has 70 valence electrons. The van der Waals surface area contributed by atoms with E-state index in [0.717, 1.165) is 6.42 Å². The van der Waals surface area contributed by atoms with Gasteiger partial charge in [-0.2, -0.15) is 0 Å². The van der Waals surface area contributed by atoms with Crippen LogP contribution in [0.1, 0.15) is 12.5 Å². The summed E-state index contributed by atoms with van der Waals surface area (Å²) in [6.45, 7) is 5.97. The third-order valence-corrected chi connectivity index (χ3v) is 1.93. The topological polar surface area (TPSA) is 3.24 Å². The van der Waals surface area contributed by atoms with Crippen molar-refractivity contribution in [1.29, 1.82) is 0 Å². The maximum absolute atomic E-state index is 3.91. The van der Waals surface area contributed by atoms with E-state index in [9.17, 15) is 0 Å². The number of nitrogens with zero attached hydrogens (tertiary/aromatic N) is 1. The first-order valence-corrected chi connectivity index (χ1v) is 4.50. The van der Waals surface area contributed by atoms with E-state index in [2.05, 4.69) is 56.8 Å². The Morgan fingerprint density at radius 2 is 2.08 bits per heavy atom. The van der Waals surface area contributed by atoms with Crippen molar-refractivity contribution in [2.75, 3.05) is 19.0 Å². The van der Waals surface area contributed by atoms with Crippen molar-refractivity contribution in [3.63, 3.8) is 0 Å². The summed E-state index contributed by atoms with van der Waals surface area (Å²) in [4.78, 5) is 2.11. The van der Waals surface area contributed by atoms with E-state index in [1.165, 1.54) is 16.8 Å². The van der Waals surface area contributed by atoms with Gasteiger partial charge in [0.2, 0.25) is 0 Å². The zero-order valence-electron chi connectivity index (χ0n) is 8.67. The van der Waals surface area contributed by atoms with Crippen molar-refractivity contribution in [2.45, 2.75) is 13.3 Å². The van der Waals surface area contributed by atoms with Gasteiger partial charge >= 0.3 is 0 Å². The van der Waals surface area contributed by atoms with Gasteiger partial charge in [0, 0.05) is 19.8 Å². The van der Waals surface area contributed by atoms with Crippen LogP contribution >= 0.6 is 0 Å². The molecule has 0 aromatic heterocycles. The van der Waals surface area contributed by atoms with Crippen LogP contribution in [0, 0.1) is 0 Å². The zero-order chi connectivity index (χ0) is 9.84. The van der Waals surface area contributed by atoms with E-state index in [-0.39, 0.29) is 0 Å². The number of hydrogen-bond donors (Lipinski definition) is 0. The minimum Gasteiger partial charge on any atom is -0.378 e. The van der Waals surface area contributed by atoms with Crippen LogP contribution in [0.4, 0.5) is 5.69 Å². The Bertz CT molecular complexity index is 300. The second-order valence-electron chi connectivity index (χ2n) is 3.70. The van der Waals surface area contributed by atoms with Gasteiger partial charge < -0.3 is 4.90 Å². The maximum Gasteiger partial charge on any atom is 0.0363 e. The quantitative estimate of drug-likeness (QED) is 0.638. The van der Waals surface area contributed by atoms with E-state index in [1.807, 2.05) is 0 Å². The molecule has 0 spiro atoms. The van der Waals surface area contributed by atoms with E-state index in [0.29, 0.717) is 0 Å². The molecule has 0 heterocycles. The van der Waals surface area contributed by atoms with Gasteiger partial charge in [-0.05, 0) is 31.0 Å². The Balaban J connectivity index is 2.85. The molecule has 0 unspecified atom stereocenters. The van der Waals surface area contributed by atoms with E-state index >= 15 is 0 Å². The Kier molecular flexibility index (Phi) is 3.13. The van der Waals surface area contributed by atoms with Gasteiger partial charge in [0.05, 0.1) is 0 Å². The van der Waals surface area contributed by atoms with Crippen LogP contribution in [-0.4, -0.2) is 14.1 Å². The number of benzene rings is 1. The van der Waals surface area contributed by atoms with Crippen molar-refractivity contribution in [2.24, 2.45) is 0 Å². The lowest BCUT2D eigenvalue weighted by atomic mass is 10.1. The van der Waals surface area contributed by atoms with Crippen molar-refractivity contribution < 1.29 is 0 Å². The molecule has 0 saturated carbocycles. The smallest absolute Gasteiger partial charge is 0.0363 e. The fourth-order valence-corrected chi connectivity index (χ4v) is 1.29. The van der Waals surface area contributed by atoms with Crippen LogP contribution in [0.3, 0.4) is 0 Å². The largest absolute Gasteiger partial charge is 0.378 e. The maximum atomic E-state index is 3.91. The molecule has 1 rings (SSSR count). The molecule has 0 aliphatic carbocycles. The molecule has 0 bridgehead atoms. The van der Waals surface area contributed by atoms with Gasteiger partial charge in [0.1, 0.15) is 0 Å². The van der Waals surface area contributed by atoms with Gasteiger partial charge in [-0.3, -0.25) is 0 Å². The summed E-state index contributed by atoms with van der Waals surface area (Å²) in [5.74, 6) is 0. The van der Waals surface area contributed by atoms with Gasteiger partial charge in [-0.15, -0.1) is 0 Å². The monoisotopic (exact) mass is 175 g/mol. The SMILES string of the molecule is C=C(C)Cc1cccc(N(C)C)c1. The van der Waals surface area contributed by atoms with Crippen molar-refractivity contribution in [3.8, 4) is 0 Å². The Morgan fingerprint density at radius 1 is 1.38 bits per heavy atom. The van der Waals surface area contributed by atoms with E-state index < -0.39 is 0 Å². The second-order valence-corrected chi connectivity index (χ2v) is 3.70. The standard InChI is InChI=1S/C12H17N/c1-10(2)8-11-6-5-7-12(9-11)13(3)4/h5-7,9H,1,8H2,2-4H3. The van der Waals surface area contributed by atoms with Crippen molar-refractivity contribution in [1.82, 2.24) is 0 Å². The first-order valence-electron chi connectivity index (χ1n) is 4.50. The molecule has 1 nitrogen and oxygen atoms in total. The molecule has 0 radical (unpaired) electrons. The number of anilines is 1. The van der Waals surface area contributed by atoms with Crippen molar-refractivity contribution >= 4 is 5.69 Å². The van der Waals surface area contributed by atoms with Crippen LogP contribution in [0.2, 0.25) is 0 Å². The molecular formula is C12H17N. The Morgan fingerprint density at radius 3 is 2.62 bits per heavy atom. The lowest BCUT2D eigenvalue weighted by Crippen LogP contribution is -2.08. The first-order chi connectivity index (χ1) is 6.09. The average molecular weight is 175 g/mol. The van der Waals surface area contributed by atoms with Crippen LogP contribution in [0.25, 0.3) is 0 Å². The summed E-state index contributed by atoms with van der Waals surface area (Å²) in [6.07, 6.45) is 0.974. The van der Waals surface area contributed by atoms with Gasteiger partial charge in [-0.25, -0.2) is 0 Å². The molecule has 1 aromatic rings. The van der Waals surface area contributed by atoms with Crippen molar-refractivity contribution in [3.05, 3.63) is 42.0 Å². The summed E-state index contributed by atoms with van der Waals surface area (Å²) in [5.41, 5.74) is 3.79.